The van der Waals surface area contributed by atoms with Gasteiger partial charge in [-0.2, -0.15) is 5.26 Å². The number of hydrogen-bond acceptors (Lipinski definition) is 2. The van der Waals surface area contributed by atoms with Crippen LogP contribution in [0.2, 0.25) is 5.02 Å². The highest BCUT2D eigenvalue weighted by Gasteiger charge is 2.22. The third-order valence-electron chi connectivity index (χ3n) is 3.34. The van der Waals surface area contributed by atoms with Crippen LogP contribution in [0.3, 0.4) is 0 Å². The van der Waals surface area contributed by atoms with Gasteiger partial charge in [0.25, 0.3) is 0 Å². The molecule has 1 aromatic rings. The molecule has 0 aliphatic rings. The van der Waals surface area contributed by atoms with Crippen LogP contribution in [0.1, 0.15) is 39.7 Å². The van der Waals surface area contributed by atoms with E-state index in [2.05, 4.69) is 33.0 Å². The summed E-state index contributed by atoms with van der Waals surface area (Å²) in [5.74, 6) is 0.207. The third-order valence-corrected chi connectivity index (χ3v) is 3.65. The zero-order valence-electron chi connectivity index (χ0n) is 11.7. The van der Waals surface area contributed by atoms with Crippen LogP contribution in [0.15, 0.2) is 18.2 Å². The SMILES string of the molecule is CC(CC(=O)Nc1ccc(C#N)cc1Cl)C(C)(C)C. The fourth-order valence-corrected chi connectivity index (χ4v) is 1.70. The molecular weight excluding hydrogens is 260 g/mol. The summed E-state index contributed by atoms with van der Waals surface area (Å²) in [6, 6.07) is 6.84. The minimum atomic E-state index is -0.0611. The van der Waals surface area contributed by atoms with E-state index in [1.807, 2.05) is 6.07 Å². The predicted octanol–water partition coefficient (Wildman–Crippen LogP) is 4.22. The second kappa shape index (κ2) is 6.08. The first-order valence-electron chi connectivity index (χ1n) is 6.23. The molecule has 0 saturated heterocycles. The lowest BCUT2D eigenvalue weighted by Crippen LogP contribution is -2.24. The molecule has 0 aliphatic heterocycles. The molecule has 102 valence electrons. The maximum Gasteiger partial charge on any atom is 0.224 e. The molecule has 0 radical (unpaired) electrons. The van der Waals surface area contributed by atoms with Crippen molar-refractivity contribution in [3.05, 3.63) is 28.8 Å². The van der Waals surface area contributed by atoms with Crippen LogP contribution in [0.25, 0.3) is 0 Å². The summed E-state index contributed by atoms with van der Waals surface area (Å²) in [5, 5.41) is 11.9. The normalized spacial score (nSPS) is 12.6. The first-order valence-corrected chi connectivity index (χ1v) is 6.61. The average Bonchev–Trinajstić information content (AvgIpc) is 2.30. The smallest absolute Gasteiger partial charge is 0.224 e. The topological polar surface area (TPSA) is 52.9 Å². The summed E-state index contributed by atoms with van der Waals surface area (Å²) in [6.45, 7) is 8.39. The van der Waals surface area contributed by atoms with Crippen molar-refractivity contribution in [2.75, 3.05) is 5.32 Å². The van der Waals surface area contributed by atoms with E-state index in [1.165, 1.54) is 0 Å². The van der Waals surface area contributed by atoms with E-state index in [9.17, 15) is 4.79 Å². The van der Waals surface area contributed by atoms with Gasteiger partial charge in [-0.3, -0.25) is 4.79 Å². The summed E-state index contributed by atoms with van der Waals surface area (Å²) in [7, 11) is 0. The van der Waals surface area contributed by atoms with Crippen molar-refractivity contribution in [3.63, 3.8) is 0 Å². The zero-order valence-corrected chi connectivity index (χ0v) is 12.5. The van der Waals surface area contributed by atoms with Crippen molar-refractivity contribution in [1.29, 1.82) is 5.26 Å². The number of hydrogen-bond donors (Lipinski definition) is 1. The third kappa shape index (κ3) is 4.57. The summed E-state index contributed by atoms with van der Waals surface area (Å²) in [4.78, 5) is 11.9. The summed E-state index contributed by atoms with van der Waals surface area (Å²) >= 11 is 6.01. The minimum Gasteiger partial charge on any atom is -0.325 e. The van der Waals surface area contributed by atoms with Crippen LogP contribution in [0, 0.1) is 22.7 Å². The Morgan fingerprint density at radius 2 is 2.11 bits per heavy atom. The highest BCUT2D eigenvalue weighted by atomic mass is 35.5. The molecule has 0 bridgehead atoms. The predicted molar refractivity (Wildman–Crippen MR) is 78.0 cm³/mol. The molecule has 1 rings (SSSR count). The van der Waals surface area contributed by atoms with E-state index in [0.29, 0.717) is 22.7 Å². The minimum absolute atomic E-state index is 0.0611. The molecule has 19 heavy (non-hydrogen) atoms. The van der Waals surface area contributed by atoms with Crippen LogP contribution in [-0.4, -0.2) is 5.91 Å². The zero-order chi connectivity index (χ0) is 14.6. The van der Waals surface area contributed by atoms with Gasteiger partial charge in [0.1, 0.15) is 0 Å². The average molecular weight is 279 g/mol. The first-order chi connectivity index (χ1) is 8.74. The molecule has 1 N–H and O–H groups in total. The van der Waals surface area contributed by atoms with Crippen molar-refractivity contribution in [2.45, 2.75) is 34.1 Å². The molecule has 0 aliphatic carbocycles. The largest absolute Gasteiger partial charge is 0.325 e. The van der Waals surface area contributed by atoms with Crippen LogP contribution in [-0.2, 0) is 4.79 Å². The second-order valence-electron chi connectivity index (χ2n) is 5.83. The van der Waals surface area contributed by atoms with E-state index in [4.69, 9.17) is 16.9 Å². The monoisotopic (exact) mass is 278 g/mol. The van der Waals surface area contributed by atoms with Crippen molar-refractivity contribution >= 4 is 23.2 Å². The Hall–Kier alpha value is -1.53. The molecule has 0 fully saturated rings. The number of rotatable bonds is 3. The van der Waals surface area contributed by atoms with Gasteiger partial charge in [-0.05, 0) is 29.5 Å². The van der Waals surface area contributed by atoms with E-state index in [1.54, 1.807) is 18.2 Å². The van der Waals surface area contributed by atoms with Crippen molar-refractivity contribution < 1.29 is 4.79 Å². The van der Waals surface area contributed by atoms with E-state index >= 15 is 0 Å². The maximum absolute atomic E-state index is 11.9. The summed E-state index contributed by atoms with van der Waals surface area (Å²) in [6.07, 6.45) is 0.444. The van der Waals surface area contributed by atoms with Crippen LogP contribution in [0.4, 0.5) is 5.69 Å². The number of nitrogens with one attached hydrogen (secondary N) is 1. The number of carbonyl (C=O) groups excluding carboxylic acids is 1. The van der Waals surface area contributed by atoms with Crippen LogP contribution >= 0.6 is 11.6 Å². The molecular formula is C15H19ClN2O. The second-order valence-corrected chi connectivity index (χ2v) is 6.23. The standard InChI is InChI=1S/C15H19ClN2O/c1-10(15(2,3)4)7-14(19)18-13-6-5-11(9-17)8-12(13)16/h5-6,8,10H,7H2,1-4H3,(H,18,19). The number of carbonyl (C=O) groups is 1. The molecule has 1 amide bonds. The molecule has 1 aromatic carbocycles. The Morgan fingerprint density at radius 1 is 1.47 bits per heavy atom. The Balaban J connectivity index is 2.71. The van der Waals surface area contributed by atoms with E-state index in [0.717, 1.165) is 0 Å². The maximum atomic E-state index is 11.9. The molecule has 0 spiro atoms. The molecule has 1 atom stereocenters. The lowest BCUT2D eigenvalue weighted by atomic mass is 9.80. The van der Waals surface area contributed by atoms with Gasteiger partial charge in [-0.1, -0.05) is 39.3 Å². The first kappa shape index (κ1) is 15.5. The van der Waals surface area contributed by atoms with Crippen molar-refractivity contribution in [2.24, 2.45) is 11.3 Å². The van der Waals surface area contributed by atoms with E-state index < -0.39 is 0 Å². The Bertz CT molecular complexity index is 512. The van der Waals surface area contributed by atoms with Crippen LogP contribution in [0.5, 0.6) is 0 Å². The summed E-state index contributed by atoms with van der Waals surface area (Å²) in [5.41, 5.74) is 1.11. The Labute approximate surface area is 119 Å². The van der Waals surface area contributed by atoms with Gasteiger partial charge in [0.2, 0.25) is 5.91 Å². The molecule has 4 heteroatoms. The van der Waals surface area contributed by atoms with Gasteiger partial charge in [0.15, 0.2) is 0 Å². The van der Waals surface area contributed by atoms with Gasteiger partial charge in [0, 0.05) is 6.42 Å². The molecule has 0 heterocycles. The number of benzene rings is 1. The van der Waals surface area contributed by atoms with Gasteiger partial charge >= 0.3 is 0 Å². The number of anilines is 1. The molecule has 0 aromatic heterocycles. The summed E-state index contributed by atoms with van der Waals surface area (Å²) < 4.78 is 0. The fraction of sp³-hybridized carbons (Fsp3) is 0.467. The highest BCUT2D eigenvalue weighted by Crippen LogP contribution is 2.29. The van der Waals surface area contributed by atoms with E-state index in [-0.39, 0.29) is 17.2 Å². The van der Waals surface area contributed by atoms with Gasteiger partial charge in [0.05, 0.1) is 22.3 Å². The van der Waals surface area contributed by atoms with Gasteiger partial charge < -0.3 is 5.32 Å². The lowest BCUT2D eigenvalue weighted by molar-refractivity contribution is -0.117. The van der Waals surface area contributed by atoms with Gasteiger partial charge in [-0.25, -0.2) is 0 Å². The quantitative estimate of drug-likeness (QED) is 0.900. The fourth-order valence-electron chi connectivity index (χ4n) is 1.47. The lowest BCUT2D eigenvalue weighted by Gasteiger charge is -2.26. The highest BCUT2D eigenvalue weighted by molar-refractivity contribution is 6.33. The molecule has 0 saturated carbocycles. The number of halogens is 1. The van der Waals surface area contributed by atoms with Crippen molar-refractivity contribution in [3.8, 4) is 6.07 Å². The number of nitrogens with zero attached hydrogens (tertiary/aromatic N) is 1. The number of amides is 1. The van der Waals surface area contributed by atoms with Gasteiger partial charge in [-0.15, -0.1) is 0 Å². The Morgan fingerprint density at radius 3 is 2.58 bits per heavy atom. The van der Waals surface area contributed by atoms with Crippen molar-refractivity contribution in [1.82, 2.24) is 0 Å². The van der Waals surface area contributed by atoms with Crippen LogP contribution < -0.4 is 5.32 Å². The Kier molecular flexibility index (Phi) is 4.97. The molecule has 3 nitrogen and oxygen atoms in total. The molecule has 1 unspecified atom stereocenters. The number of nitriles is 1.